The summed E-state index contributed by atoms with van der Waals surface area (Å²) in [6.07, 6.45) is -0.484. The van der Waals surface area contributed by atoms with E-state index in [-0.39, 0.29) is 19.1 Å². The zero-order chi connectivity index (χ0) is 14.3. The highest BCUT2D eigenvalue weighted by molar-refractivity contribution is 6.09. The van der Waals surface area contributed by atoms with Crippen LogP contribution in [0, 0.1) is 0 Å². The smallest absolute Gasteiger partial charge is 0.219 e. The number of carbonyl (C=O) groups is 1. The van der Waals surface area contributed by atoms with Crippen molar-refractivity contribution in [3.63, 3.8) is 0 Å². The van der Waals surface area contributed by atoms with Crippen LogP contribution in [-0.2, 0) is 14.3 Å². The van der Waals surface area contributed by atoms with Gasteiger partial charge in [0.15, 0.2) is 6.29 Å². The number of rotatable bonds is 7. The molecule has 0 aliphatic carbocycles. The summed E-state index contributed by atoms with van der Waals surface area (Å²) in [7, 11) is 1.94. The van der Waals surface area contributed by atoms with Crippen LogP contribution in [0.4, 0.5) is 0 Å². The SMILES string of the molecule is BCCC(=O)NCCOC1OC(CO)C(O)CC1N. The number of nitrogens with one attached hydrogen (secondary N) is 1. The van der Waals surface area contributed by atoms with Crippen LogP contribution in [-0.4, -0.2) is 68.3 Å². The Morgan fingerprint density at radius 3 is 2.95 bits per heavy atom. The standard InChI is InChI=1S/C11H23BN2O5/c12-2-1-10(17)14-3-4-18-11-7(13)5-8(16)9(6-15)19-11/h7-9,11,15-16H,1-6,12-13H2,(H,14,17). The van der Waals surface area contributed by atoms with Crippen molar-refractivity contribution in [2.45, 2.75) is 43.7 Å². The van der Waals surface area contributed by atoms with Crippen LogP contribution in [0.2, 0.25) is 6.32 Å². The maximum Gasteiger partial charge on any atom is 0.219 e. The summed E-state index contributed by atoms with van der Waals surface area (Å²) in [6.45, 7) is 0.390. The largest absolute Gasteiger partial charge is 0.394 e. The molecule has 7 nitrogen and oxygen atoms in total. The Bertz CT molecular complexity index is 282. The van der Waals surface area contributed by atoms with E-state index in [0.717, 1.165) is 6.32 Å². The molecule has 1 amide bonds. The van der Waals surface area contributed by atoms with Crippen molar-refractivity contribution in [2.75, 3.05) is 19.8 Å². The highest BCUT2D eigenvalue weighted by atomic mass is 16.7. The monoisotopic (exact) mass is 274 g/mol. The van der Waals surface area contributed by atoms with Gasteiger partial charge >= 0.3 is 0 Å². The summed E-state index contributed by atoms with van der Waals surface area (Å²) < 4.78 is 10.8. The average Bonchev–Trinajstić information content (AvgIpc) is 2.37. The lowest BCUT2D eigenvalue weighted by Gasteiger charge is -2.36. The average molecular weight is 274 g/mol. The van der Waals surface area contributed by atoms with Crippen molar-refractivity contribution in [2.24, 2.45) is 5.73 Å². The van der Waals surface area contributed by atoms with Crippen molar-refractivity contribution in [1.29, 1.82) is 0 Å². The van der Waals surface area contributed by atoms with Crippen molar-refractivity contribution in [1.82, 2.24) is 5.32 Å². The molecule has 19 heavy (non-hydrogen) atoms. The molecular formula is C11H23BN2O5. The van der Waals surface area contributed by atoms with Crippen LogP contribution in [0.15, 0.2) is 0 Å². The van der Waals surface area contributed by atoms with Crippen molar-refractivity contribution >= 4 is 13.8 Å². The Morgan fingerprint density at radius 2 is 2.32 bits per heavy atom. The topological polar surface area (TPSA) is 114 Å². The fraction of sp³-hybridized carbons (Fsp3) is 0.909. The van der Waals surface area contributed by atoms with Gasteiger partial charge in [-0.15, -0.1) is 0 Å². The van der Waals surface area contributed by atoms with Gasteiger partial charge in [-0.2, -0.15) is 0 Å². The first kappa shape index (κ1) is 16.4. The number of aliphatic hydroxyl groups excluding tert-OH is 2. The minimum atomic E-state index is -0.774. The molecular weight excluding hydrogens is 251 g/mol. The molecule has 0 bridgehead atoms. The lowest BCUT2D eigenvalue weighted by molar-refractivity contribution is -0.236. The number of hydrogen-bond acceptors (Lipinski definition) is 6. The van der Waals surface area contributed by atoms with Crippen molar-refractivity contribution in [3.05, 3.63) is 0 Å². The van der Waals surface area contributed by atoms with E-state index in [1.54, 1.807) is 0 Å². The normalized spacial score (nSPS) is 31.1. The Balaban J connectivity index is 2.22. The molecule has 110 valence electrons. The summed E-state index contributed by atoms with van der Waals surface area (Å²) in [6, 6.07) is -0.441. The molecule has 0 aromatic carbocycles. The maximum atomic E-state index is 11.2. The summed E-state index contributed by atoms with van der Waals surface area (Å²) in [4.78, 5) is 11.2. The number of hydrogen-bond donors (Lipinski definition) is 4. The van der Waals surface area contributed by atoms with Crippen molar-refractivity contribution in [3.8, 4) is 0 Å². The second kappa shape index (κ2) is 8.49. The van der Waals surface area contributed by atoms with E-state index in [2.05, 4.69) is 5.32 Å². The minimum Gasteiger partial charge on any atom is -0.394 e. The fourth-order valence-corrected chi connectivity index (χ4v) is 1.91. The van der Waals surface area contributed by atoms with Crippen LogP contribution >= 0.6 is 0 Å². The number of ether oxygens (including phenoxy) is 2. The zero-order valence-electron chi connectivity index (χ0n) is 11.2. The lowest BCUT2D eigenvalue weighted by atomic mass is 10.0. The number of nitrogens with two attached hydrogens (primary N) is 1. The summed E-state index contributed by atoms with van der Waals surface area (Å²) in [5, 5.41) is 21.3. The van der Waals surface area contributed by atoms with E-state index in [1.165, 1.54) is 0 Å². The molecule has 0 radical (unpaired) electrons. The van der Waals surface area contributed by atoms with Gasteiger partial charge in [0.05, 0.1) is 25.4 Å². The van der Waals surface area contributed by atoms with Crippen LogP contribution in [0.25, 0.3) is 0 Å². The summed E-state index contributed by atoms with van der Waals surface area (Å²) >= 11 is 0. The van der Waals surface area contributed by atoms with Crippen LogP contribution in [0.3, 0.4) is 0 Å². The van der Waals surface area contributed by atoms with Gasteiger partial charge in [0, 0.05) is 13.0 Å². The second-order valence-corrected chi connectivity index (χ2v) is 4.66. The highest BCUT2D eigenvalue weighted by Gasteiger charge is 2.35. The third-order valence-corrected chi connectivity index (χ3v) is 2.96. The Labute approximate surface area is 113 Å². The first-order valence-electron chi connectivity index (χ1n) is 6.66. The van der Waals surface area contributed by atoms with Crippen LogP contribution in [0.5, 0.6) is 0 Å². The summed E-state index contributed by atoms with van der Waals surface area (Å²) in [5.41, 5.74) is 5.80. The predicted molar refractivity (Wildman–Crippen MR) is 71.3 cm³/mol. The maximum absolute atomic E-state index is 11.2. The molecule has 1 fully saturated rings. The third-order valence-electron chi connectivity index (χ3n) is 2.96. The molecule has 4 atom stereocenters. The molecule has 5 N–H and O–H groups in total. The fourth-order valence-electron chi connectivity index (χ4n) is 1.91. The first-order chi connectivity index (χ1) is 9.08. The molecule has 4 unspecified atom stereocenters. The van der Waals surface area contributed by atoms with E-state index in [9.17, 15) is 9.90 Å². The van der Waals surface area contributed by atoms with Gasteiger partial charge in [-0.1, -0.05) is 6.32 Å². The van der Waals surface area contributed by atoms with Crippen LogP contribution in [0.1, 0.15) is 12.8 Å². The molecule has 0 spiro atoms. The van der Waals surface area contributed by atoms with E-state index < -0.39 is 24.5 Å². The van der Waals surface area contributed by atoms with E-state index in [0.29, 0.717) is 19.4 Å². The highest BCUT2D eigenvalue weighted by Crippen LogP contribution is 2.19. The lowest BCUT2D eigenvalue weighted by Crippen LogP contribution is -2.53. The first-order valence-corrected chi connectivity index (χ1v) is 6.66. The van der Waals surface area contributed by atoms with Gasteiger partial charge in [-0.05, 0) is 6.42 Å². The summed E-state index contributed by atoms with van der Waals surface area (Å²) in [5.74, 6) is -0.0105. The van der Waals surface area contributed by atoms with Gasteiger partial charge in [0.25, 0.3) is 0 Å². The van der Waals surface area contributed by atoms with Gasteiger partial charge in [-0.3, -0.25) is 4.79 Å². The zero-order valence-corrected chi connectivity index (χ0v) is 11.2. The van der Waals surface area contributed by atoms with Gasteiger partial charge in [0.1, 0.15) is 14.0 Å². The van der Waals surface area contributed by atoms with Gasteiger partial charge in [0.2, 0.25) is 5.91 Å². The molecule has 1 rings (SSSR count). The van der Waals surface area contributed by atoms with Gasteiger partial charge < -0.3 is 30.7 Å². The molecule has 0 aromatic heterocycles. The molecule has 0 aromatic rings. The number of amides is 1. The second-order valence-electron chi connectivity index (χ2n) is 4.66. The van der Waals surface area contributed by atoms with E-state index in [4.69, 9.17) is 20.3 Å². The Kier molecular flexibility index (Phi) is 7.33. The van der Waals surface area contributed by atoms with Crippen LogP contribution < -0.4 is 11.1 Å². The molecule has 1 aliphatic rings. The Morgan fingerprint density at radius 1 is 1.58 bits per heavy atom. The number of aliphatic hydroxyl groups is 2. The van der Waals surface area contributed by atoms with Crippen molar-refractivity contribution < 1.29 is 24.5 Å². The molecule has 1 heterocycles. The minimum absolute atomic E-state index is 0.0105. The molecule has 1 aliphatic heterocycles. The van der Waals surface area contributed by atoms with E-state index in [1.807, 2.05) is 7.85 Å². The molecule has 8 heteroatoms. The van der Waals surface area contributed by atoms with Gasteiger partial charge in [-0.25, -0.2) is 0 Å². The molecule has 0 saturated carbocycles. The quantitative estimate of drug-likeness (QED) is 0.298. The Hall–Kier alpha value is -0.665. The predicted octanol–water partition coefficient (Wildman–Crippen LogP) is -2.64. The third kappa shape index (κ3) is 5.46. The molecule has 1 saturated heterocycles. The number of carbonyl (C=O) groups excluding carboxylic acids is 1. The van der Waals surface area contributed by atoms with E-state index >= 15 is 0 Å².